The molecule has 1 aliphatic carbocycles. The summed E-state index contributed by atoms with van der Waals surface area (Å²) in [5.74, 6) is 0.187. The van der Waals surface area contributed by atoms with Gasteiger partial charge < -0.3 is 21.0 Å². The molecule has 0 aromatic rings. The number of carbonyl (C=O) groups is 1. The Kier molecular flexibility index (Phi) is 4.86. The van der Waals surface area contributed by atoms with Gasteiger partial charge >= 0.3 is 0 Å². The Morgan fingerprint density at radius 1 is 1.35 bits per heavy atom. The van der Waals surface area contributed by atoms with Crippen molar-refractivity contribution in [2.24, 2.45) is 16.8 Å². The average Bonchev–Trinajstić information content (AvgIpc) is 2.73. The van der Waals surface area contributed by atoms with Gasteiger partial charge in [-0.15, -0.1) is 0 Å². The standard InChI is InChI=1S/C14H25N3O3/c1-10-6-9-20-11(10)12(18)16-14(13(15)17-19)7-4-2-3-5-8-14/h10-11,19H,2-9H2,1H3,(H2,15,17)(H,16,18). The van der Waals surface area contributed by atoms with E-state index < -0.39 is 11.6 Å². The van der Waals surface area contributed by atoms with Gasteiger partial charge in [0.2, 0.25) is 5.91 Å². The summed E-state index contributed by atoms with van der Waals surface area (Å²) in [4.78, 5) is 12.4. The summed E-state index contributed by atoms with van der Waals surface area (Å²) in [7, 11) is 0. The Hall–Kier alpha value is -1.30. The predicted octanol–water partition coefficient (Wildman–Crippen LogP) is 1.37. The molecule has 0 aromatic carbocycles. The molecule has 2 aliphatic rings. The molecule has 2 atom stereocenters. The molecule has 1 amide bonds. The summed E-state index contributed by atoms with van der Waals surface area (Å²) < 4.78 is 5.50. The van der Waals surface area contributed by atoms with Crippen molar-refractivity contribution >= 4 is 11.7 Å². The van der Waals surface area contributed by atoms with Crippen LogP contribution < -0.4 is 11.1 Å². The van der Waals surface area contributed by atoms with Crippen molar-refractivity contribution in [1.82, 2.24) is 5.32 Å². The number of carbonyl (C=O) groups excluding carboxylic acids is 1. The number of nitrogens with one attached hydrogen (secondary N) is 1. The maximum atomic E-state index is 12.4. The van der Waals surface area contributed by atoms with Gasteiger partial charge in [0.15, 0.2) is 5.84 Å². The van der Waals surface area contributed by atoms with E-state index in [2.05, 4.69) is 10.5 Å². The van der Waals surface area contributed by atoms with E-state index in [9.17, 15) is 4.79 Å². The molecule has 1 saturated carbocycles. The van der Waals surface area contributed by atoms with Crippen LogP contribution in [0.4, 0.5) is 0 Å². The number of amidine groups is 1. The molecule has 2 fully saturated rings. The highest BCUT2D eigenvalue weighted by atomic mass is 16.5. The zero-order valence-electron chi connectivity index (χ0n) is 12.1. The van der Waals surface area contributed by atoms with Crippen LogP contribution in [0.3, 0.4) is 0 Å². The highest BCUT2D eigenvalue weighted by molar-refractivity contribution is 5.95. The highest BCUT2D eigenvalue weighted by Crippen LogP contribution is 2.29. The van der Waals surface area contributed by atoms with Crippen LogP contribution in [-0.2, 0) is 9.53 Å². The van der Waals surface area contributed by atoms with Gasteiger partial charge in [-0.05, 0) is 25.2 Å². The van der Waals surface area contributed by atoms with Crippen LogP contribution in [-0.4, -0.2) is 35.2 Å². The SMILES string of the molecule is CC1CCOC1C(=O)NC1(C(N)=NO)CCCCCC1. The zero-order valence-corrected chi connectivity index (χ0v) is 12.1. The molecule has 1 heterocycles. The van der Waals surface area contributed by atoms with Crippen molar-refractivity contribution in [3.8, 4) is 0 Å². The molecule has 114 valence electrons. The van der Waals surface area contributed by atoms with Crippen LogP contribution in [0.5, 0.6) is 0 Å². The molecule has 0 bridgehead atoms. The first-order valence-corrected chi connectivity index (χ1v) is 7.51. The summed E-state index contributed by atoms with van der Waals surface area (Å²) in [6.07, 6.45) is 6.09. The summed E-state index contributed by atoms with van der Waals surface area (Å²) in [5, 5.41) is 15.2. The van der Waals surface area contributed by atoms with E-state index in [1.807, 2.05) is 6.92 Å². The lowest BCUT2D eigenvalue weighted by Gasteiger charge is -2.33. The second kappa shape index (κ2) is 6.43. The maximum Gasteiger partial charge on any atom is 0.250 e. The zero-order chi connectivity index (χ0) is 14.6. The Bertz CT molecular complexity index is 376. The number of hydrogen-bond acceptors (Lipinski definition) is 4. The largest absolute Gasteiger partial charge is 0.409 e. The van der Waals surface area contributed by atoms with Gasteiger partial charge in [0.25, 0.3) is 0 Å². The number of rotatable bonds is 3. The molecule has 0 radical (unpaired) electrons. The monoisotopic (exact) mass is 283 g/mol. The van der Waals surface area contributed by atoms with Crippen LogP contribution in [0.25, 0.3) is 0 Å². The minimum absolute atomic E-state index is 0.110. The van der Waals surface area contributed by atoms with E-state index in [4.69, 9.17) is 15.7 Å². The molecular weight excluding hydrogens is 258 g/mol. The summed E-state index contributed by atoms with van der Waals surface area (Å²) in [6, 6.07) is 0. The third-order valence-corrected chi connectivity index (χ3v) is 4.56. The van der Waals surface area contributed by atoms with Crippen molar-refractivity contribution in [1.29, 1.82) is 0 Å². The van der Waals surface area contributed by atoms with Crippen molar-refractivity contribution in [2.75, 3.05) is 6.61 Å². The fourth-order valence-electron chi connectivity index (χ4n) is 3.21. The van der Waals surface area contributed by atoms with E-state index in [0.717, 1.165) is 44.9 Å². The number of hydrogen-bond donors (Lipinski definition) is 3. The Morgan fingerprint density at radius 3 is 2.50 bits per heavy atom. The smallest absolute Gasteiger partial charge is 0.250 e. The minimum atomic E-state index is -0.714. The maximum absolute atomic E-state index is 12.4. The first-order chi connectivity index (χ1) is 9.59. The summed E-state index contributed by atoms with van der Waals surface area (Å²) in [5.41, 5.74) is 5.16. The van der Waals surface area contributed by atoms with Gasteiger partial charge in [-0.2, -0.15) is 0 Å². The van der Waals surface area contributed by atoms with Crippen molar-refractivity contribution < 1.29 is 14.7 Å². The van der Waals surface area contributed by atoms with Gasteiger partial charge in [0.05, 0.1) is 0 Å². The Morgan fingerprint density at radius 2 is 2.00 bits per heavy atom. The fraction of sp³-hybridized carbons (Fsp3) is 0.857. The van der Waals surface area contributed by atoms with E-state index in [1.54, 1.807) is 0 Å². The number of oxime groups is 1. The second-order valence-corrected chi connectivity index (χ2v) is 6.03. The van der Waals surface area contributed by atoms with E-state index >= 15 is 0 Å². The third-order valence-electron chi connectivity index (χ3n) is 4.56. The van der Waals surface area contributed by atoms with Crippen LogP contribution >= 0.6 is 0 Å². The van der Waals surface area contributed by atoms with Gasteiger partial charge in [-0.3, -0.25) is 4.79 Å². The van der Waals surface area contributed by atoms with Crippen LogP contribution in [0.1, 0.15) is 51.9 Å². The molecule has 20 heavy (non-hydrogen) atoms. The summed E-state index contributed by atoms with van der Waals surface area (Å²) in [6.45, 7) is 2.64. The number of nitrogens with two attached hydrogens (primary N) is 1. The molecule has 6 nitrogen and oxygen atoms in total. The lowest BCUT2D eigenvalue weighted by Crippen LogP contribution is -2.59. The molecule has 0 aromatic heterocycles. The van der Waals surface area contributed by atoms with Crippen LogP contribution in [0, 0.1) is 5.92 Å². The molecule has 1 aliphatic heterocycles. The van der Waals surface area contributed by atoms with Crippen LogP contribution in [0.15, 0.2) is 5.16 Å². The molecule has 2 unspecified atom stereocenters. The van der Waals surface area contributed by atoms with Crippen molar-refractivity contribution in [3.63, 3.8) is 0 Å². The Labute approximate surface area is 119 Å². The highest BCUT2D eigenvalue weighted by Gasteiger charge is 2.40. The lowest BCUT2D eigenvalue weighted by molar-refractivity contribution is -0.133. The predicted molar refractivity (Wildman–Crippen MR) is 75.5 cm³/mol. The molecule has 4 N–H and O–H groups in total. The van der Waals surface area contributed by atoms with Crippen molar-refractivity contribution in [2.45, 2.75) is 63.5 Å². The average molecular weight is 283 g/mol. The normalized spacial score (nSPS) is 30.8. The first kappa shape index (κ1) is 15.1. The molecule has 2 rings (SSSR count). The number of nitrogens with zero attached hydrogens (tertiary/aromatic N) is 1. The third kappa shape index (κ3) is 3.06. The minimum Gasteiger partial charge on any atom is -0.409 e. The topological polar surface area (TPSA) is 96.9 Å². The summed E-state index contributed by atoms with van der Waals surface area (Å²) >= 11 is 0. The quantitative estimate of drug-likeness (QED) is 0.239. The molecular formula is C14H25N3O3. The van der Waals surface area contributed by atoms with Crippen molar-refractivity contribution in [3.05, 3.63) is 0 Å². The first-order valence-electron chi connectivity index (χ1n) is 7.51. The van der Waals surface area contributed by atoms with Gasteiger partial charge in [-0.1, -0.05) is 37.8 Å². The van der Waals surface area contributed by atoms with E-state index in [1.165, 1.54) is 0 Å². The van der Waals surface area contributed by atoms with Gasteiger partial charge in [-0.25, -0.2) is 0 Å². The second-order valence-electron chi connectivity index (χ2n) is 6.03. The molecule has 1 saturated heterocycles. The molecule has 6 heteroatoms. The number of amides is 1. The molecule has 0 spiro atoms. The fourth-order valence-corrected chi connectivity index (χ4v) is 3.21. The van der Waals surface area contributed by atoms with Gasteiger partial charge in [0.1, 0.15) is 11.6 Å². The van der Waals surface area contributed by atoms with E-state index in [0.29, 0.717) is 6.61 Å². The number of ether oxygens (including phenoxy) is 1. The van der Waals surface area contributed by atoms with Gasteiger partial charge in [0, 0.05) is 6.61 Å². The van der Waals surface area contributed by atoms with E-state index in [-0.39, 0.29) is 17.7 Å². The lowest BCUT2D eigenvalue weighted by atomic mass is 9.88. The Balaban J connectivity index is 2.13. The van der Waals surface area contributed by atoms with Crippen LogP contribution in [0.2, 0.25) is 0 Å².